The van der Waals surface area contributed by atoms with E-state index in [9.17, 15) is 14.4 Å². The maximum absolute atomic E-state index is 11.8. The molecule has 122 valence electrons. The number of carbonyl (C=O) groups excluding carboxylic acids is 2. The molecule has 1 fully saturated rings. The Hall–Kier alpha value is -2.83. The average molecular weight is 317 g/mol. The first-order valence-electron chi connectivity index (χ1n) is 7.38. The summed E-state index contributed by atoms with van der Waals surface area (Å²) in [7, 11) is 0. The van der Waals surface area contributed by atoms with Crippen molar-refractivity contribution in [2.45, 2.75) is 19.3 Å². The van der Waals surface area contributed by atoms with E-state index >= 15 is 0 Å². The normalized spacial score (nSPS) is 14.7. The Labute approximate surface area is 133 Å². The first-order valence-corrected chi connectivity index (χ1v) is 7.38. The van der Waals surface area contributed by atoms with Crippen molar-refractivity contribution in [1.29, 1.82) is 0 Å². The summed E-state index contributed by atoms with van der Waals surface area (Å²) in [5, 5.41) is 11.2. The number of carboxylic acids is 1. The SMILES string of the molecule is NC(=O)c1ccc(N2CCCCC2)c(NC(=O)C=CC(=O)O)c1. The van der Waals surface area contributed by atoms with Gasteiger partial charge in [0.2, 0.25) is 11.8 Å². The van der Waals surface area contributed by atoms with Crippen LogP contribution in [0.15, 0.2) is 30.4 Å². The van der Waals surface area contributed by atoms with Crippen molar-refractivity contribution in [3.05, 3.63) is 35.9 Å². The lowest BCUT2D eigenvalue weighted by Gasteiger charge is -2.30. The van der Waals surface area contributed by atoms with Crippen molar-refractivity contribution in [2.24, 2.45) is 5.73 Å². The number of aliphatic carboxylic acids is 1. The summed E-state index contributed by atoms with van der Waals surface area (Å²) in [5.41, 5.74) is 6.81. The molecule has 0 unspecified atom stereocenters. The van der Waals surface area contributed by atoms with Crippen molar-refractivity contribution in [3.8, 4) is 0 Å². The number of rotatable bonds is 5. The van der Waals surface area contributed by atoms with Gasteiger partial charge in [-0.25, -0.2) is 4.79 Å². The second-order valence-corrected chi connectivity index (χ2v) is 5.30. The van der Waals surface area contributed by atoms with Crippen LogP contribution in [-0.4, -0.2) is 36.0 Å². The van der Waals surface area contributed by atoms with Crippen LogP contribution in [0.2, 0.25) is 0 Å². The summed E-state index contributed by atoms with van der Waals surface area (Å²) < 4.78 is 0. The van der Waals surface area contributed by atoms with Gasteiger partial charge in [0.05, 0.1) is 11.4 Å². The highest BCUT2D eigenvalue weighted by Crippen LogP contribution is 2.29. The van der Waals surface area contributed by atoms with E-state index in [0.29, 0.717) is 5.69 Å². The summed E-state index contributed by atoms with van der Waals surface area (Å²) in [6, 6.07) is 4.88. The zero-order chi connectivity index (χ0) is 16.8. The number of primary amides is 1. The van der Waals surface area contributed by atoms with Crippen molar-refractivity contribution in [1.82, 2.24) is 0 Å². The van der Waals surface area contributed by atoms with E-state index in [1.54, 1.807) is 12.1 Å². The fourth-order valence-corrected chi connectivity index (χ4v) is 2.52. The van der Waals surface area contributed by atoms with Gasteiger partial charge >= 0.3 is 5.97 Å². The van der Waals surface area contributed by atoms with E-state index in [2.05, 4.69) is 10.2 Å². The molecule has 2 rings (SSSR count). The highest BCUT2D eigenvalue weighted by atomic mass is 16.4. The van der Waals surface area contributed by atoms with E-state index in [0.717, 1.165) is 43.8 Å². The second kappa shape index (κ2) is 7.44. The number of carbonyl (C=O) groups is 3. The maximum Gasteiger partial charge on any atom is 0.328 e. The van der Waals surface area contributed by atoms with Crippen molar-refractivity contribution >= 4 is 29.2 Å². The van der Waals surface area contributed by atoms with Gasteiger partial charge in [-0.15, -0.1) is 0 Å². The third-order valence-electron chi connectivity index (χ3n) is 3.61. The predicted octanol–water partition coefficient (Wildman–Crippen LogP) is 1.36. The smallest absolute Gasteiger partial charge is 0.328 e. The third-order valence-corrected chi connectivity index (χ3v) is 3.61. The van der Waals surface area contributed by atoms with E-state index in [1.807, 2.05) is 0 Å². The van der Waals surface area contributed by atoms with Crippen molar-refractivity contribution < 1.29 is 19.5 Å². The first-order chi connectivity index (χ1) is 11.0. The Kier molecular flexibility index (Phi) is 5.35. The molecule has 1 aromatic rings. The van der Waals surface area contributed by atoms with Crippen LogP contribution >= 0.6 is 0 Å². The van der Waals surface area contributed by atoms with Crippen LogP contribution in [0.5, 0.6) is 0 Å². The third kappa shape index (κ3) is 4.57. The Bertz CT molecular complexity index is 649. The number of nitrogens with two attached hydrogens (primary N) is 1. The Morgan fingerprint density at radius 3 is 2.43 bits per heavy atom. The van der Waals surface area contributed by atoms with Gasteiger partial charge in [0, 0.05) is 30.8 Å². The number of hydrogen-bond acceptors (Lipinski definition) is 4. The Morgan fingerprint density at radius 2 is 1.83 bits per heavy atom. The van der Waals surface area contributed by atoms with Gasteiger partial charge in [0.25, 0.3) is 0 Å². The second-order valence-electron chi connectivity index (χ2n) is 5.30. The lowest BCUT2D eigenvalue weighted by Crippen LogP contribution is -2.30. The predicted molar refractivity (Wildman–Crippen MR) is 86.4 cm³/mol. The molecule has 1 aromatic carbocycles. The molecule has 0 bridgehead atoms. The summed E-state index contributed by atoms with van der Waals surface area (Å²) in [6.45, 7) is 1.73. The lowest BCUT2D eigenvalue weighted by molar-refractivity contribution is -0.131. The molecule has 0 atom stereocenters. The molecular weight excluding hydrogens is 298 g/mol. The standard InChI is InChI=1S/C16H19N3O4/c17-16(23)11-4-5-13(19-8-2-1-3-9-19)12(10-11)18-14(20)6-7-15(21)22/h4-7,10H,1-3,8-9H2,(H2,17,23)(H,18,20)(H,21,22). The number of piperidine rings is 1. The van der Waals surface area contributed by atoms with Crippen LogP contribution in [0.1, 0.15) is 29.6 Å². The van der Waals surface area contributed by atoms with E-state index in [4.69, 9.17) is 10.8 Å². The molecule has 1 saturated heterocycles. The molecule has 0 aromatic heterocycles. The molecule has 7 nitrogen and oxygen atoms in total. The van der Waals surface area contributed by atoms with Crippen LogP contribution in [0.25, 0.3) is 0 Å². The number of benzene rings is 1. The summed E-state index contributed by atoms with van der Waals surface area (Å²) >= 11 is 0. The maximum atomic E-state index is 11.8. The molecule has 2 amide bonds. The van der Waals surface area contributed by atoms with Gasteiger partial charge in [-0.1, -0.05) is 0 Å². The van der Waals surface area contributed by atoms with Gasteiger partial charge in [0.15, 0.2) is 0 Å². The molecular formula is C16H19N3O4. The number of nitrogens with one attached hydrogen (secondary N) is 1. The summed E-state index contributed by atoms with van der Waals surface area (Å²) in [5.74, 6) is -2.37. The Morgan fingerprint density at radius 1 is 1.13 bits per heavy atom. The minimum Gasteiger partial charge on any atom is -0.478 e. The molecule has 0 saturated carbocycles. The van der Waals surface area contributed by atoms with Crippen LogP contribution in [0, 0.1) is 0 Å². The number of amides is 2. The topological polar surface area (TPSA) is 113 Å². The van der Waals surface area contributed by atoms with Crippen LogP contribution in [0.3, 0.4) is 0 Å². The number of anilines is 2. The largest absolute Gasteiger partial charge is 0.478 e. The molecule has 0 spiro atoms. The van der Waals surface area contributed by atoms with Gasteiger partial charge in [0.1, 0.15) is 0 Å². The molecule has 23 heavy (non-hydrogen) atoms. The molecule has 1 aliphatic heterocycles. The fourth-order valence-electron chi connectivity index (χ4n) is 2.52. The monoisotopic (exact) mass is 317 g/mol. The molecule has 0 radical (unpaired) electrons. The molecule has 4 N–H and O–H groups in total. The highest BCUT2D eigenvalue weighted by Gasteiger charge is 2.17. The zero-order valence-corrected chi connectivity index (χ0v) is 12.6. The van der Waals surface area contributed by atoms with Crippen molar-refractivity contribution in [3.63, 3.8) is 0 Å². The average Bonchev–Trinajstić information content (AvgIpc) is 2.53. The highest BCUT2D eigenvalue weighted by molar-refractivity contribution is 6.05. The zero-order valence-electron chi connectivity index (χ0n) is 12.6. The summed E-state index contributed by atoms with van der Waals surface area (Å²) in [6.07, 6.45) is 4.97. The summed E-state index contributed by atoms with van der Waals surface area (Å²) in [4.78, 5) is 35.8. The van der Waals surface area contributed by atoms with E-state index < -0.39 is 17.8 Å². The number of carboxylic acid groups (broad SMARTS) is 1. The van der Waals surface area contributed by atoms with Crippen LogP contribution < -0.4 is 16.0 Å². The molecule has 1 heterocycles. The van der Waals surface area contributed by atoms with Crippen molar-refractivity contribution in [2.75, 3.05) is 23.3 Å². The van der Waals surface area contributed by atoms with E-state index in [-0.39, 0.29) is 5.56 Å². The first kappa shape index (κ1) is 16.5. The number of nitrogens with zero attached hydrogens (tertiary/aromatic N) is 1. The van der Waals surface area contributed by atoms with Gasteiger partial charge in [-0.3, -0.25) is 9.59 Å². The van der Waals surface area contributed by atoms with Gasteiger partial charge in [-0.05, 0) is 37.5 Å². The Balaban J connectivity index is 2.28. The molecule has 1 aliphatic rings. The lowest BCUT2D eigenvalue weighted by atomic mass is 10.1. The fraction of sp³-hybridized carbons (Fsp3) is 0.312. The number of hydrogen-bond donors (Lipinski definition) is 3. The molecule has 7 heteroatoms. The van der Waals surface area contributed by atoms with Gasteiger partial charge < -0.3 is 21.1 Å². The quantitative estimate of drug-likeness (QED) is 0.710. The molecule has 0 aliphatic carbocycles. The minimum absolute atomic E-state index is 0.281. The van der Waals surface area contributed by atoms with E-state index in [1.165, 1.54) is 12.5 Å². The van der Waals surface area contributed by atoms with Crippen LogP contribution in [-0.2, 0) is 9.59 Å². The minimum atomic E-state index is -1.21. The van der Waals surface area contributed by atoms with Crippen LogP contribution in [0.4, 0.5) is 11.4 Å². The van der Waals surface area contributed by atoms with Gasteiger partial charge in [-0.2, -0.15) is 0 Å².